The minimum Gasteiger partial charge on any atom is -0.456 e. The van der Waals surface area contributed by atoms with Gasteiger partial charge in [0.05, 0.1) is 0 Å². The minimum absolute atomic E-state index is 0.138. The van der Waals surface area contributed by atoms with Gasteiger partial charge in [0.2, 0.25) is 0 Å². The molecule has 0 bridgehead atoms. The lowest BCUT2D eigenvalue weighted by atomic mass is 9.83. The van der Waals surface area contributed by atoms with Crippen LogP contribution in [0.25, 0.3) is 0 Å². The van der Waals surface area contributed by atoms with Crippen molar-refractivity contribution in [2.24, 2.45) is 0 Å². The second-order valence-electron chi connectivity index (χ2n) is 4.90. The summed E-state index contributed by atoms with van der Waals surface area (Å²) in [5.74, 6) is -0.138. The smallest absolute Gasteiger partial charge is 0.368 e. The molecule has 0 spiro atoms. The molecule has 3 nitrogen and oxygen atoms in total. The number of rotatable bonds is 3. The number of quaternary nitrogens is 1. The van der Waals surface area contributed by atoms with Crippen LogP contribution in [0, 0.1) is 0 Å². The molecule has 1 saturated carbocycles. The van der Waals surface area contributed by atoms with Crippen molar-refractivity contribution in [3.63, 3.8) is 0 Å². The molecule has 92 valence electrons. The van der Waals surface area contributed by atoms with E-state index in [9.17, 15) is 4.79 Å². The Morgan fingerprint density at radius 1 is 1.18 bits per heavy atom. The highest BCUT2D eigenvalue weighted by atomic mass is 16.5. The Morgan fingerprint density at radius 2 is 1.82 bits per heavy atom. The predicted octanol–water partition coefficient (Wildman–Crippen LogP) is 1.67. The third-order valence-corrected chi connectivity index (χ3v) is 3.46. The Bertz CT molecular complexity index is 369. The zero-order chi connectivity index (χ0) is 12.1. The summed E-state index contributed by atoms with van der Waals surface area (Å²) in [7, 11) is 0. The molecule has 17 heavy (non-hydrogen) atoms. The van der Waals surface area contributed by atoms with E-state index in [1.807, 2.05) is 30.3 Å². The molecule has 0 amide bonds. The molecule has 1 aliphatic carbocycles. The number of hydrogen-bond donors (Lipinski definition) is 1. The largest absolute Gasteiger partial charge is 0.456 e. The number of esters is 1. The molecule has 0 unspecified atom stereocenters. The van der Waals surface area contributed by atoms with E-state index in [2.05, 4.69) is 5.73 Å². The second kappa shape index (κ2) is 5.32. The highest BCUT2D eigenvalue weighted by Gasteiger charge is 2.40. The van der Waals surface area contributed by atoms with Crippen LogP contribution in [-0.2, 0) is 16.1 Å². The summed E-state index contributed by atoms with van der Waals surface area (Å²) in [6.45, 7) is 0.358. The fourth-order valence-electron chi connectivity index (χ4n) is 2.31. The summed E-state index contributed by atoms with van der Waals surface area (Å²) in [6.07, 6.45) is 5.11. The first-order chi connectivity index (χ1) is 8.21. The number of carbonyl (C=O) groups excluding carboxylic acids is 1. The van der Waals surface area contributed by atoms with Gasteiger partial charge in [-0.25, -0.2) is 4.79 Å². The van der Waals surface area contributed by atoms with Gasteiger partial charge in [0.15, 0.2) is 5.54 Å². The number of carbonyl (C=O) groups is 1. The van der Waals surface area contributed by atoms with Crippen molar-refractivity contribution in [1.29, 1.82) is 0 Å². The van der Waals surface area contributed by atoms with E-state index in [0.717, 1.165) is 31.2 Å². The SMILES string of the molecule is [NH3+]C1(C(=O)OCc2ccccc2)CCCCC1. The molecular weight excluding hydrogens is 214 g/mol. The zero-order valence-corrected chi connectivity index (χ0v) is 10.2. The van der Waals surface area contributed by atoms with Gasteiger partial charge in [-0.2, -0.15) is 0 Å². The first-order valence-electron chi connectivity index (χ1n) is 6.27. The van der Waals surface area contributed by atoms with Gasteiger partial charge in [0.1, 0.15) is 6.61 Å². The maximum absolute atomic E-state index is 12.0. The molecule has 0 saturated heterocycles. The molecule has 0 aliphatic heterocycles. The molecule has 0 heterocycles. The van der Waals surface area contributed by atoms with Gasteiger partial charge >= 0.3 is 5.97 Å². The topological polar surface area (TPSA) is 53.9 Å². The Morgan fingerprint density at radius 3 is 2.47 bits per heavy atom. The Labute approximate surface area is 102 Å². The Balaban J connectivity index is 1.88. The lowest BCUT2D eigenvalue weighted by Gasteiger charge is -2.27. The molecular formula is C14H20NO2+. The van der Waals surface area contributed by atoms with Crippen LogP contribution in [0.15, 0.2) is 30.3 Å². The Kier molecular flexibility index (Phi) is 3.79. The molecule has 1 fully saturated rings. The zero-order valence-electron chi connectivity index (χ0n) is 10.2. The second-order valence-corrected chi connectivity index (χ2v) is 4.90. The van der Waals surface area contributed by atoms with Crippen molar-refractivity contribution in [1.82, 2.24) is 0 Å². The van der Waals surface area contributed by atoms with E-state index in [-0.39, 0.29) is 5.97 Å². The fraction of sp³-hybridized carbons (Fsp3) is 0.500. The lowest BCUT2D eigenvalue weighted by molar-refractivity contribution is -0.469. The van der Waals surface area contributed by atoms with Crippen molar-refractivity contribution in [2.45, 2.75) is 44.2 Å². The van der Waals surface area contributed by atoms with Crippen LogP contribution in [0.2, 0.25) is 0 Å². The lowest BCUT2D eigenvalue weighted by Crippen LogP contribution is -2.77. The molecule has 1 aromatic rings. The molecule has 0 atom stereocenters. The van der Waals surface area contributed by atoms with Crippen LogP contribution in [-0.4, -0.2) is 11.5 Å². The average molecular weight is 234 g/mol. The van der Waals surface area contributed by atoms with Gasteiger partial charge in [-0.1, -0.05) is 36.8 Å². The van der Waals surface area contributed by atoms with Crippen LogP contribution in [0.1, 0.15) is 37.7 Å². The van der Waals surface area contributed by atoms with Crippen LogP contribution in [0.5, 0.6) is 0 Å². The van der Waals surface area contributed by atoms with Gasteiger partial charge in [-0.15, -0.1) is 0 Å². The van der Waals surface area contributed by atoms with Gasteiger partial charge in [-0.3, -0.25) is 0 Å². The number of hydrogen-bond acceptors (Lipinski definition) is 2. The Hall–Kier alpha value is -1.35. The van der Waals surface area contributed by atoms with Gasteiger partial charge in [-0.05, 0) is 18.4 Å². The van der Waals surface area contributed by atoms with E-state index >= 15 is 0 Å². The molecule has 3 N–H and O–H groups in total. The van der Waals surface area contributed by atoms with Crippen LogP contribution < -0.4 is 5.73 Å². The quantitative estimate of drug-likeness (QED) is 0.809. The van der Waals surface area contributed by atoms with E-state index < -0.39 is 5.54 Å². The van der Waals surface area contributed by atoms with Crippen LogP contribution in [0.3, 0.4) is 0 Å². The normalized spacial score (nSPS) is 18.6. The molecule has 0 aromatic heterocycles. The fourth-order valence-corrected chi connectivity index (χ4v) is 2.31. The maximum atomic E-state index is 12.0. The van der Waals surface area contributed by atoms with Crippen molar-refractivity contribution in [2.75, 3.05) is 0 Å². The van der Waals surface area contributed by atoms with Crippen molar-refractivity contribution in [3.8, 4) is 0 Å². The monoisotopic (exact) mass is 234 g/mol. The summed E-state index contributed by atoms with van der Waals surface area (Å²) < 4.78 is 5.37. The summed E-state index contributed by atoms with van der Waals surface area (Å²) in [6, 6.07) is 9.77. The van der Waals surface area contributed by atoms with Crippen LogP contribution >= 0.6 is 0 Å². The number of ether oxygens (including phenoxy) is 1. The minimum atomic E-state index is -0.493. The van der Waals surface area contributed by atoms with Gasteiger partial charge in [0.25, 0.3) is 0 Å². The first-order valence-corrected chi connectivity index (χ1v) is 6.27. The summed E-state index contributed by atoms with van der Waals surface area (Å²) in [5.41, 5.74) is 4.60. The van der Waals surface area contributed by atoms with Crippen molar-refractivity contribution in [3.05, 3.63) is 35.9 Å². The third-order valence-electron chi connectivity index (χ3n) is 3.46. The average Bonchev–Trinajstić information content (AvgIpc) is 2.38. The summed E-state index contributed by atoms with van der Waals surface area (Å²) >= 11 is 0. The first kappa shape index (κ1) is 12.1. The molecule has 1 aromatic carbocycles. The van der Waals surface area contributed by atoms with E-state index in [1.54, 1.807) is 0 Å². The van der Waals surface area contributed by atoms with Gasteiger partial charge < -0.3 is 10.5 Å². The summed E-state index contributed by atoms with van der Waals surface area (Å²) in [4.78, 5) is 12.0. The third kappa shape index (κ3) is 3.07. The van der Waals surface area contributed by atoms with E-state index in [1.165, 1.54) is 6.42 Å². The van der Waals surface area contributed by atoms with E-state index in [4.69, 9.17) is 4.74 Å². The highest BCUT2D eigenvalue weighted by Crippen LogP contribution is 2.25. The van der Waals surface area contributed by atoms with Crippen LogP contribution in [0.4, 0.5) is 0 Å². The van der Waals surface area contributed by atoms with Gasteiger partial charge in [0, 0.05) is 12.8 Å². The molecule has 1 aliphatic rings. The predicted molar refractivity (Wildman–Crippen MR) is 64.9 cm³/mol. The molecule has 2 rings (SSSR count). The number of benzene rings is 1. The maximum Gasteiger partial charge on any atom is 0.368 e. The van der Waals surface area contributed by atoms with E-state index in [0.29, 0.717) is 6.61 Å². The molecule has 0 radical (unpaired) electrons. The van der Waals surface area contributed by atoms with Crippen molar-refractivity contribution >= 4 is 5.97 Å². The highest BCUT2D eigenvalue weighted by molar-refractivity contribution is 5.78. The van der Waals surface area contributed by atoms with Crippen molar-refractivity contribution < 1.29 is 15.3 Å². The standard InChI is InChI=1S/C14H19NO2/c15-14(9-5-2-6-10-14)13(16)17-11-12-7-3-1-4-8-12/h1,3-4,7-8H,2,5-6,9-11,15H2/p+1. The summed E-state index contributed by atoms with van der Waals surface area (Å²) in [5, 5.41) is 0. The molecule has 3 heteroatoms.